The molecular formula is C21H27FN4O2. The number of nitrogens with one attached hydrogen (secondary N) is 1. The predicted octanol–water partition coefficient (Wildman–Crippen LogP) is 2.50. The minimum absolute atomic E-state index is 0.0512. The van der Waals surface area contributed by atoms with Gasteiger partial charge in [0.1, 0.15) is 11.5 Å². The average molecular weight is 386 g/mol. The summed E-state index contributed by atoms with van der Waals surface area (Å²) in [6.07, 6.45) is 5.55. The van der Waals surface area contributed by atoms with Crippen molar-refractivity contribution in [3.05, 3.63) is 53.6 Å². The Morgan fingerprint density at radius 3 is 2.79 bits per heavy atom. The van der Waals surface area contributed by atoms with Crippen molar-refractivity contribution >= 4 is 5.91 Å². The molecule has 3 heterocycles. The standard InChI is InChI=1S/C21H27FN4O2/c1-25-19(7-11-24-25)20(27)23-14-17-6-8-21(28-17)9-12-26(13-10-21)15-16-4-2-3-5-18(16)22/h2-5,7,11,17H,6,8-10,12-15H2,1H3,(H,23,27). The number of amides is 1. The molecule has 0 saturated carbocycles. The Labute approximate surface area is 164 Å². The molecule has 150 valence electrons. The van der Waals surface area contributed by atoms with Crippen LogP contribution in [0.5, 0.6) is 0 Å². The number of ether oxygens (including phenoxy) is 1. The summed E-state index contributed by atoms with van der Waals surface area (Å²) in [5.41, 5.74) is 1.21. The zero-order chi connectivity index (χ0) is 19.6. The van der Waals surface area contributed by atoms with Gasteiger partial charge in [0.15, 0.2) is 0 Å². The summed E-state index contributed by atoms with van der Waals surface area (Å²) in [4.78, 5) is 14.5. The smallest absolute Gasteiger partial charge is 0.269 e. The lowest BCUT2D eigenvalue weighted by molar-refractivity contribution is -0.0765. The Balaban J connectivity index is 1.25. The van der Waals surface area contributed by atoms with E-state index in [2.05, 4.69) is 15.3 Å². The van der Waals surface area contributed by atoms with Gasteiger partial charge in [-0.25, -0.2) is 4.39 Å². The number of carbonyl (C=O) groups is 1. The molecule has 2 aromatic rings. The van der Waals surface area contributed by atoms with Crippen LogP contribution in [-0.2, 0) is 18.3 Å². The first-order valence-corrected chi connectivity index (χ1v) is 9.94. The van der Waals surface area contributed by atoms with Crippen LogP contribution >= 0.6 is 0 Å². The average Bonchev–Trinajstić information content (AvgIpc) is 3.30. The van der Waals surface area contributed by atoms with Crippen LogP contribution in [0.3, 0.4) is 0 Å². The van der Waals surface area contributed by atoms with Crippen LogP contribution in [-0.4, -0.2) is 51.9 Å². The minimum atomic E-state index is -0.135. The third-order valence-electron chi connectivity index (χ3n) is 6.00. The molecule has 1 N–H and O–H groups in total. The highest BCUT2D eigenvalue weighted by atomic mass is 19.1. The fraction of sp³-hybridized carbons (Fsp3) is 0.524. The van der Waals surface area contributed by atoms with Gasteiger partial charge in [-0.05, 0) is 37.8 Å². The van der Waals surface area contributed by atoms with Crippen LogP contribution in [0, 0.1) is 5.82 Å². The first-order valence-electron chi connectivity index (χ1n) is 9.94. The lowest BCUT2D eigenvalue weighted by Gasteiger charge is -2.39. The van der Waals surface area contributed by atoms with Crippen molar-refractivity contribution < 1.29 is 13.9 Å². The van der Waals surface area contributed by atoms with Crippen molar-refractivity contribution in [1.29, 1.82) is 0 Å². The monoisotopic (exact) mass is 386 g/mol. The van der Waals surface area contributed by atoms with Gasteiger partial charge in [-0.3, -0.25) is 14.4 Å². The molecular weight excluding hydrogens is 359 g/mol. The molecule has 1 aromatic carbocycles. The van der Waals surface area contributed by atoms with Crippen LogP contribution in [0.2, 0.25) is 0 Å². The number of aromatic nitrogens is 2. The van der Waals surface area contributed by atoms with Crippen LogP contribution in [0.15, 0.2) is 36.5 Å². The largest absolute Gasteiger partial charge is 0.370 e. The van der Waals surface area contributed by atoms with Gasteiger partial charge < -0.3 is 10.1 Å². The van der Waals surface area contributed by atoms with E-state index in [1.807, 2.05) is 12.1 Å². The summed E-state index contributed by atoms with van der Waals surface area (Å²) in [6.45, 7) is 2.97. The third kappa shape index (κ3) is 4.10. The maximum atomic E-state index is 13.9. The molecule has 0 radical (unpaired) electrons. The van der Waals surface area contributed by atoms with Crippen molar-refractivity contribution in [3.63, 3.8) is 0 Å². The van der Waals surface area contributed by atoms with Gasteiger partial charge in [-0.1, -0.05) is 18.2 Å². The molecule has 0 aliphatic carbocycles. The van der Waals surface area contributed by atoms with Crippen molar-refractivity contribution in [2.24, 2.45) is 7.05 Å². The molecule has 2 aliphatic heterocycles. The molecule has 2 saturated heterocycles. The normalized spacial score (nSPS) is 21.9. The number of nitrogens with zero attached hydrogens (tertiary/aromatic N) is 3. The summed E-state index contributed by atoms with van der Waals surface area (Å²) < 4.78 is 21.8. The second-order valence-corrected chi connectivity index (χ2v) is 7.88. The zero-order valence-electron chi connectivity index (χ0n) is 16.2. The van der Waals surface area contributed by atoms with E-state index >= 15 is 0 Å². The summed E-state index contributed by atoms with van der Waals surface area (Å²) in [7, 11) is 1.76. The number of hydrogen-bond donors (Lipinski definition) is 1. The maximum Gasteiger partial charge on any atom is 0.269 e. The van der Waals surface area contributed by atoms with Gasteiger partial charge in [0, 0.05) is 45.0 Å². The Kier molecular flexibility index (Phi) is 5.46. The maximum absolute atomic E-state index is 13.9. The van der Waals surface area contributed by atoms with Crippen molar-refractivity contribution in [1.82, 2.24) is 20.0 Å². The number of piperidine rings is 1. The second-order valence-electron chi connectivity index (χ2n) is 7.88. The quantitative estimate of drug-likeness (QED) is 0.858. The summed E-state index contributed by atoms with van der Waals surface area (Å²) in [6, 6.07) is 8.69. The van der Waals surface area contributed by atoms with E-state index in [9.17, 15) is 9.18 Å². The van der Waals surface area contributed by atoms with Crippen molar-refractivity contribution in [3.8, 4) is 0 Å². The molecule has 6 nitrogen and oxygen atoms in total. The highest BCUT2D eigenvalue weighted by Gasteiger charge is 2.42. The fourth-order valence-corrected chi connectivity index (χ4v) is 4.29. The Morgan fingerprint density at radius 2 is 2.07 bits per heavy atom. The van der Waals surface area contributed by atoms with E-state index in [1.54, 1.807) is 30.1 Å². The highest BCUT2D eigenvalue weighted by molar-refractivity contribution is 5.92. The summed E-state index contributed by atoms with van der Waals surface area (Å²) in [5.74, 6) is -0.256. The topological polar surface area (TPSA) is 59.4 Å². The first-order chi connectivity index (χ1) is 13.5. The number of halogens is 1. The van der Waals surface area contributed by atoms with E-state index in [0.717, 1.165) is 44.3 Å². The van der Waals surface area contributed by atoms with Gasteiger partial charge in [-0.2, -0.15) is 5.10 Å². The fourth-order valence-electron chi connectivity index (χ4n) is 4.29. The van der Waals surface area contributed by atoms with E-state index in [4.69, 9.17) is 4.74 Å². The molecule has 7 heteroatoms. The Hall–Kier alpha value is -2.25. The predicted molar refractivity (Wildman–Crippen MR) is 103 cm³/mol. The molecule has 1 spiro atoms. The van der Waals surface area contributed by atoms with E-state index in [-0.39, 0.29) is 23.4 Å². The van der Waals surface area contributed by atoms with Crippen LogP contribution in [0.1, 0.15) is 41.7 Å². The molecule has 2 aliphatic rings. The SMILES string of the molecule is Cn1nccc1C(=O)NCC1CCC2(CCN(Cc3ccccc3F)CC2)O1. The Bertz CT molecular complexity index is 829. The van der Waals surface area contributed by atoms with Gasteiger partial charge in [0.2, 0.25) is 0 Å². The van der Waals surface area contributed by atoms with Crippen molar-refractivity contribution in [2.45, 2.75) is 43.9 Å². The minimum Gasteiger partial charge on any atom is -0.370 e. The third-order valence-corrected chi connectivity index (χ3v) is 6.00. The number of likely N-dealkylation sites (tertiary alicyclic amines) is 1. The van der Waals surface area contributed by atoms with Crippen LogP contribution < -0.4 is 5.32 Å². The molecule has 2 fully saturated rings. The molecule has 1 aromatic heterocycles. The first kappa shape index (κ1) is 19.1. The number of hydrogen-bond acceptors (Lipinski definition) is 4. The molecule has 1 amide bonds. The number of carbonyl (C=O) groups excluding carboxylic acids is 1. The number of benzene rings is 1. The van der Waals surface area contributed by atoms with Gasteiger partial charge in [-0.15, -0.1) is 0 Å². The lowest BCUT2D eigenvalue weighted by Crippen LogP contribution is -2.45. The van der Waals surface area contributed by atoms with Crippen LogP contribution in [0.25, 0.3) is 0 Å². The van der Waals surface area contributed by atoms with Crippen LogP contribution in [0.4, 0.5) is 4.39 Å². The second kappa shape index (κ2) is 8.01. The van der Waals surface area contributed by atoms with E-state index in [1.165, 1.54) is 6.07 Å². The Morgan fingerprint density at radius 1 is 1.29 bits per heavy atom. The van der Waals surface area contributed by atoms with Gasteiger partial charge in [0.05, 0.1) is 11.7 Å². The lowest BCUT2D eigenvalue weighted by atomic mass is 9.88. The molecule has 1 unspecified atom stereocenters. The van der Waals surface area contributed by atoms with Gasteiger partial charge in [0.25, 0.3) is 5.91 Å². The zero-order valence-corrected chi connectivity index (χ0v) is 16.2. The molecule has 4 rings (SSSR count). The summed E-state index contributed by atoms with van der Waals surface area (Å²) in [5, 5.41) is 6.99. The van der Waals surface area contributed by atoms with E-state index < -0.39 is 0 Å². The van der Waals surface area contributed by atoms with Crippen molar-refractivity contribution in [2.75, 3.05) is 19.6 Å². The van der Waals surface area contributed by atoms with Gasteiger partial charge >= 0.3 is 0 Å². The highest BCUT2D eigenvalue weighted by Crippen LogP contribution is 2.39. The summed E-state index contributed by atoms with van der Waals surface area (Å²) >= 11 is 0. The molecule has 28 heavy (non-hydrogen) atoms. The number of rotatable bonds is 5. The molecule has 1 atom stereocenters. The van der Waals surface area contributed by atoms with E-state index in [0.29, 0.717) is 18.8 Å². The molecule has 0 bridgehead atoms. The number of aryl methyl sites for hydroxylation is 1.